The monoisotopic (exact) mass is 242 g/mol. The molecule has 2 heteroatoms. The van der Waals surface area contributed by atoms with E-state index >= 15 is 0 Å². The largest absolute Gasteiger partial charge is 0.496 e. The quantitative estimate of drug-likeness (QED) is 0.894. The van der Waals surface area contributed by atoms with Gasteiger partial charge in [-0.15, -0.1) is 0 Å². The Morgan fingerprint density at radius 3 is 2.17 bits per heavy atom. The Hall–Kier alpha value is -1.80. The van der Waals surface area contributed by atoms with E-state index < -0.39 is 6.10 Å². The summed E-state index contributed by atoms with van der Waals surface area (Å²) in [6.45, 7) is 4.04. The maximum atomic E-state index is 10.4. The van der Waals surface area contributed by atoms with Crippen LogP contribution in [0.3, 0.4) is 0 Å². The number of benzene rings is 2. The first-order chi connectivity index (χ1) is 8.61. The van der Waals surface area contributed by atoms with Crippen LogP contribution in [-0.4, -0.2) is 12.2 Å². The van der Waals surface area contributed by atoms with Crippen LogP contribution in [0.5, 0.6) is 5.75 Å². The number of methoxy groups -OCH3 is 1. The zero-order valence-corrected chi connectivity index (χ0v) is 11.0. The molecule has 1 unspecified atom stereocenters. The predicted molar refractivity (Wildman–Crippen MR) is 73.0 cm³/mol. The molecule has 0 saturated heterocycles. The third-order valence-corrected chi connectivity index (χ3v) is 3.07. The van der Waals surface area contributed by atoms with Crippen LogP contribution in [0.25, 0.3) is 0 Å². The fourth-order valence-electron chi connectivity index (χ4n) is 2.00. The second-order valence-corrected chi connectivity index (χ2v) is 4.56. The van der Waals surface area contributed by atoms with Crippen molar-refractivity contribution >= 4 is 0 Å². The van der Waals surface area contributed by atoms with Gasteiger partial charge in [-0.2, -0.15) is 0 Å². The molecule has 0 bridgehead atoms. The minimum absolute atomic E-state index is 0.652. The first kappa shape index (κ1) is 12.7. The van der Waals surface area contributed by atoms with Crippen molar-refractivity contribution in [1.82, 2.24) is 0 Å². The molecule has 0 amide bonds. The van der Waals surface area contributed by atoms with Crippen LogP contribution in [0.2, 0.25) is 0 Å². The summed E-state index contributed by atoms with van der Waals surface area (Å²) in [5.41, 5.74) is 3.98. The number of aliphatic hydroxyl groups is 1. The first-order valence-corrected chi connectivity index (χ1v) is 6.01. The van der Waals surface area contributed by atoms with Crippen LogP contribution in [0.1, 0.15) is 28.4 Å². The van der Waals surface area contributed by atoms with E-state index in [1.807, 2.05) is 56.3 Å². The van der Waals surface area contributed by atoms with Gasteiger partial charge in [0.15, 0.2) is 0 Å². The van der Waals surface area contributed by atoms with E-state index in [0.717, 1.165) is 16.7 Å². The molecule has 2 aromatic carbocycles. The van der Waals surface area contributed by atoms with Crippen molar-refractivity contribution in [1.29, 1.82) is 0 Å². The van der Waals surface area contributed by atoms with Gasteiger partial charge in [-0.05, 0) is 31.5 Å². The maximum absolute atomic E-state index is 10.4. The molecule has 1 atom stereocenters. The normalized spacial score (nSPS) is 12.2. The second-order valence-electron chi connectivity index (χ2n) is 4.56. The van der Waals surface area contributed by atoms with Gasteiger partial charge in [0.25, 0.3) is 0 Å². The predicted octanol–water partition coefficient (Wildman–Crippen LogP) is 3.39. The van der Waals surface area contributed by atoms with Gasteiger partial charge in [0, 0.05) is 5.56 Å². The molecule has 2 rings (SSSR count). The Balaban J connectivity index is 2.41. The lowest BCUT2D eigenvalue weighted by molar-refractivity contribution is 0.214. The number of hydrogen-bond donors (Lipinski definition) is 1. The highest BCUT2D eigenvalue weighted by Gasteiger charge is 2.15. The van der Waals surface area contributed by atoms with Crippen molar-refractivity contribution in [3.05, 3.63) is 64.7 Å². The van der Waals surface area contributed by atoms with Crippen LogP contribution in [0.15, 0.2) is 42.5 Å². The number of rotatable bonds is 3. The number of ether oxygens (including phenoxy) is 1. The molecular weight excluding hydrogens is 224 g/mol. The zero-order valence-electron chi connectivity index (χ0n) is 11.0. The summed E-state index contributed by atoms with van der Waals surface area (Å²) >= 11 is 0. The van der Waals surface area contributed by atoms with E-state index in [2.05, 4.69) is 0 Å². The molecule has 0 fully saturated rings. The van der Waals surface area contributed by atoms with Gasteiger partial charge in [-0.25, -0.2) is 0 Å². The number of hydrogen-bond acceptors (Lipinski definition) is 2. The second kappa shape index (κ2) is 5.23. The Labute approximate surface area is 108 Å². The third kappa shape index (κ3) is 2.54. The number of aliphatic hydroxyl groups excluding tert-OH is 1. The average Bonchev–Trinajstić information content (AvgIpc) is 2.39. The van der Waals surface area contributed by atoms with E-state index in [1.54, 1.807) is 7.11 Å². The molecule has 0 spiro atoms. The van der Waals surface area contributed by atoms with Crippen LogP contribution in [0.4, 0.5) is 0 Å². The lowest BCUT2D eigenvalue weighted by Gasteiger charge is -2.16. The summed E-state index contributed by atoms with van der Waals surface area (Å²) in [5.74, 6) is 0.716. The van der Waals surface area contributed by atoms with E-state index in [1.165, 1.54) is 5.56 Å². The minimum Gasteiger partial charge on any atom is -0.496 e. The topological polar surface area (TPSA) is 29.5 Å². The van der Waals surface area contributed by atoms with Crippen LogP contribution in [0, 0.1) is 13.8 Å². The summed E-state index contributed by atoms with van der Waals surface area (Å²) in [6, 6.07) is 13.7. The molecule has 1 N–H and O–H groups in total. The van der Waals surface area contributed by atoms with E-state index in [0.29, 0.717) is 5.75 Å². The smallest absolute Gasteiger partial charge is 0.125 e. The van der Waals surface area contributed by atoms with Crippen molar-refractivity contribution < 1.29 is 9.84 Å². The molecule has 0 aliphatic heterocycles. The molecule has 0 saturated carbocycles. The molecule has 0 aliphatic rings. The SMILES string of the molecule is COc1ccc(C)cc1C(O)c1ccc(C)cc1. The van der Waals surface area contributed by atoms with Crippen LogP contribution < -0.4 is 4.74 Å². The summed E-state index contributed by atoms with van der Waals surface area (Å²) in [7, 11) is 1.62. The van der Waals surface area contributed by atoms with E-state index in [4.69, 9.17) is 4.74 Å². The highest BCUT2D eigenvalue weighted by Crippen LogP contribution is 2.30. The van der Waals surface area contributed by atoms with Crippen LogP contribution in [-0.2, 0) is 0 Å². The molecule has 2 aromatic rings. The van der Waals surface area contributed by atoms with Crippen molar-refractivity contribution in [2.75, 3.05) is 7.11 Å². The third-order valence-electron chi connectivity index (χ3n) is 3.07. The fourth-order valence-corrected chi connectivity index (χ4v) is 2.00. The Bertz CT molecular complexity index is 529. The lowest BCUT2D eigenvalue weighted by Crippen LogP contribution is -2.03. The van der Waals surface area contributed by atoms with Crippen molar-refractivity contribution in [2.45, 2.75) is 20.0 Å². The fraction of sp³-hybridized carbons (Fsp3) is 0.250. The van der Waals surface area contributed by atoms with Crippen molar-refractivity contribution in [3.8, 4) is 5.75 Å². The molecular formula is C16H18O2. The van der Waals surface area contributed by atoms with Gasteiger partial charge < -0.3 is 9.84 Å². The Morgan fingerprint density at radius 1 is 0.944 bits per heavy atom. The molecule has 18 heavy (non-hydrogen) atoms. The van der Waals surface area contributed by atoms with Crippen molar-refractivity contribution in [3.63, 3.8) is 0 Å². The summed E-state index contributed by atoms with van der Waals surface area (Å²) in [5, 5.41) is 10.4. The average molecular weight is 242 g/mol. The summed E-state index contributed by atoms with van der Waals surface area (Å²) in [4.78, 5) is 0. The standard InChI is InChI=1S/C16H18O2/c1-11-4-7-13(8-5-11)16(17)14-10-12(2)6-9-15(14)18-3/h4-10,16-17H,1-3H3. The molecule has 0 aromatic heterocycles. The molecule has 0 aliphatic carbocycles. The number of aryl methyl sites for hydroxylation is 2. The van der Waals surface area contributed by atoms with E-state index in [9.17, 15) is 5.11 Å². The molecule has 0 radical (unpaired) electrons. The van der Waals surface area contributed by atoms with Gasteiger partial charge in [-0.3, -0.25) is 0 Å². The van der Waals surface area contributed by atoms with Gasteiger partial charge in [0.05, 0.1) is 7.11 Å². The molecule has 2 nitrogen and oxygen atoms in total. The van der Waals surface area contributed by atoms with Gasteiger partial charge >= 0.3 is 0 Å². The Kier molecular flexibility index (Phi) is 3.68. The van der Waals surface area contributed by atoms with Gasteiger partial charge in [0.2, 0.25) is 0 Å². The van der Waals surface area contributed by atoms with Crippen molar-refractivity contribution in [2.24, 2.45) is 0 Å². The van der Waals surface area contributed by atoms with Gasteiger partial charge in [0.1, 0.15) is 11.9 Å². The van der Waals surface area contributed by atoms with Gasteiger partial charge in [-0.1, -0.05) is 41.5 Å². The first-order valence-electron chi connectivity index (χ1n) is 6.01. The minimum atomic E-state index is -0.652. The highest BCUT2D eigenvalue weighted by molar-refractivity contribution is 5.42. The highest BCUT2D eigenvalue weighted by atomic mass is 16.5. The van der Waals surface area contributed by atoms with E-state index in [-0.39, 0.29) is 0 Å². The lowest BCUT2D eigenvalue weighted by atomic mass is 9.98. The zero-order chi connectivity index (χ0) is 13.1. The Morgan fingerprint density at radius 2 is 1.56 bits per heavy atom. The molecule has 0 heterocycles. The maximum Gasteiger partial charge on any atom is 0.125 e. The van der Waals surface area contributed by atoms with Crippen LogP contribution >= 0.6 is 0 Å². The summed E-state index contributed by atoms with van der Waals surface area (Å²) in [6.07, 6.45) is -0.652. The molecule has 94 valence electrons. The summed E-state index contributed by atoms with van der Waals surface area (Å²) < 4.78 is 5.31.